The minimum atomic E-state index is -0.105. The van der Waals surface area contributed by atoms with Crippen LogP contribution >= 0.6 is 24.2 Å². The summed E-state index contributed by atoms with van der Waals surface area (Å²) >= 11 is 10.2. The van der Waals surface area contributed by atoms with Crippen molar-refractivity contribution in [1.82, 2.24) is 0 Å². The van der Waals surface area contributed by atoms with E-state index in [-0.39, 0.29) is 5.78 Å². The highest BCUT2D eigenvalue weighted by atomic mass is 35.5. The molecule has 18 heavy (non-hydrogen) atoms. The number of benzene rings is 2. The Morgan fingerprint density at radius 1 is 1.00 bits per heavy atom. The highest BCUT2D eigenvalue weighted by Crippen LogP contribution is 2.19. The van der Waals surface area contributed by atoms with E-state index in [4.69, 9.17) is 11.6 Å². The van der Waals surface area contributed by atoms with Crippen LogP contribution in [0.1, 0.15) is 15.9 Å². The average molecular weight is 275 g/mol. The van der Waals surface area contributed by atoms with Gasteiger partial charge in [-0.25, -0.2) is 0 Å². The Bertz CT molecular complexity index is 590. The number of ketones is 1. The minimum absolute atomic E-state index is 0.105. The predicted octanol–water partition coefficient (Wildman–Crippen LogP) is 4.49. The van der Waals surface area contributed by atoms with Crippen LogP contribution in [0.15, 0.2) is 60.7 Å². The molecular formula is C15H11ClOS. The van der Waals surface area contributed by atoms with Gasteiger partial charge >= 0.3 is 0 Å². The fraction of sp³-hybridized carbons (Fsp3) is 0. The van der Waals surface area contributed by atoms with Crippen molar-refractivity contribution in [2.24, 2.45) is 0 Å². The molecule has 2 aromatic carbocycles. The summed E-state index contributed by atoms with van der Waals surface area (Å²) in [6, 6.07) is 16.4. The van der Waals surface area contributed by atoms with Crippen LogP contribution in [0.2, 0.25) is 5.02 Å². The van der Waals surface area contributed by atoms with Gasteiger partial charge in [0.1, 0.15) is 0 Å². The first-order valence-corrected chi connectivity index (χ1v) is 6.25. The van der Waals surface area contributed by atoms with Crippen molar-refractivity contribution in [2.45, 2.75) is 0 Å². The molecule has 0 spiro atoms. The van der Waals surface area contributed by atoms with Gasteiger partial charge in [0.05, 0.1) is 0 Å². The van der Waals surface area contributed by atoms with E-state index >= 15 is 0 Å². The van der Waals surface area contributed by atoms with Gasteiger partial charge in [0, 0.05) is 15.5 Å². The van der Waals surface area contributed by atoms with Crippen LogP contribution in [0.5, 0.6) is 0 Å². The average Bonchev–Trinajstić information content (AvgIpc) is 2.39. The molecule has 0 saturated carbocycles. The number of carbonyl (C=O) groups excluding carboxylic acids is 1. The summed E-state index contributed by atoms with van der Waals surface area (Å²) in [6.45, 7) is 0. The maximum atomic E-state index is 12.0. The van der Waals surface area contributed by atoms with Crippen molar-refractivity contribution >= 4 is 34.9 Å². The molecule has 0 N–H and O–H groups in total. The van der Waals surface area contributed by atoms with Crippen LogP contribution in [0.3, 0.4) is 0 Å². The molecule has 0 heterocycles. The minimum Gasteiger partial charge on any atom is -0.289 e. The highest BCUT2D eigenvalue weighted by Gasteiger charge is 2.05. The summed E-state index contributed by atoms with van der Waals surface area (Å²) < 4.78 is 0. The summed E-state index contributed by atoms with van der Waals surface area (Å²) in [6.07, 6.45) is 1.50. The molecule has 3 heteroatoms. The molecule has 0 aromatic heterocycles. The van der Waals surface area contributed by atoms with Crippen molar-refractivity contribution in [3.05, 3.63) is 76.8 Å². The van der Waals surface area contributed by atoms with E-state index in [2.05, 4.69) is 12.6 Å². The zero-order valence-corrected chi connectivity index (χ0v) is 11.2. The highest BCUT2D eigenvalue weighted by molar-refractivity contribution is 7.90. The Morgan fingerprint density at radius 3 is 2.33 bits per heavy atom. The summed E-state index contributed by atoms with van der Waals surface area (Å²) in [4.78, 5) is 12.6. The van der Waals surface area contributed by atoms with Crippen molar-refractivity contribution in [2.75, 3.05) is 0 Å². The normalized spacial score (nSPS) is 11.3. The molecule has 0 aliphatic heterocycles. The SMILES string of the molecule is O=C(/C=C(/S)c1ccccc1)c1cccc(Cl)c1. The van der Waals surface area contributed by atoms with E-state index in [9.17, 15) is 4.79 Å². The van der Waals surface area contributed by atoms with Crippen LogP contribution in [-0.2, 0) is 0 Å². The van der Waals surface area contributed by atoms with Crippen molar-refractivity contribution in [1.29, 1.82) is 0 Å². The molecule has 0 bridgehead atoms. The van der Waals surface area contributed by atoms with Gasteiger partial charge in [0.2, 0.25) is 0 Å². The second-order valence-corrected chi connectivity index (χ2v) is 4.69. The lowest BCUT2D eigenvalue weighted by Gasteiger charge is -2.01. The molecule has 0 radical (unpaired) electrons. The van der Waals surface area contributed by atoms with Gasteiger partial charge in [-0.3, -0.25) is 4.79 Å². The molecule has 2 aromatic rings. The maximum absolute atomic E-state index is 12.0. The fourth-order valence-electron chi connectivity index (χ4n) is 1.54. The van der Waals surface area contributed by atoms with E-state index in [0.29, 0.717) is 15.5 Å². The molecule has 0 saturated heterocycles. The second-order valence-electron chi connectivity index (χ2n) is 3.77. The number of rotatable bonds is 3. The molecule has 2 rings (SSSR count). The monoisotopic (exact) mass is 274 g/mol. The first kappa shape index (κ1) is 12.9. The number of carbonyl (C=O) groups is 1. The Labute approximate surface area is 117 Å². The molecule has 90 valence electrons. The van der Waals surface area contributed by atoms with Gasteiger partial charge in [-0.15, -0.1) is 12.6 Å². The van der Waals surface area contributed by atoms with Gasteiger partial charge in [-0.2, -0.15) is 0 Å². The Balaban J connectivity index is 2.26. The standard InChI is InChI=1S/C15H11ClOS/c16-13-8-4-7-12(9-13)14(17)10-15(18)11-5-2-1-3-6-11/h1-10,18H/b15-10+. The van der Waals surface area contributed by atoms with E-state index in [0.717, 1.165) is 5.56 Å². The molecule has 0 amide bonds. The zero-order valence-electron chi connectivity index (χ0n) is 9.51. The number of hydrogen-bond donors (Lipinski definition) is 1. The molecule has 0 unspecified atom stereocenters. The number of thiol groups is 1. The van der Waals surface area contributed by atoms with Crippen LogP contribution < -0.4 is 0 Å². The topological polar surface area (TPSA) is 17.1 Å². The van der Waals surface area contributed by atoms with E-state index in [1.54, 1.807) is 24.3 Å². The van der Waals surface area contributed by atoms with Gasteiger partial charge in [-0.05, 0) is 23.8 Å². The number of hydrogen-bond acceptors (Lipinski definition) is 2. The molecule has 0 fully saturated rings. The van der Waals surface area contributed by atoms with E-state index in [1.807, 2.05) is 30.3 Å². The van der Waals surface area contributed by atoms with E-state index < -0.39 is 0 Å². The number of allylic oxidation sites excluding steroid dienone is 1. The Kier molecular flexibility index (Phi) is 4.24. The lowest BCUT2D eigenvalue weighted by atomic mass is 10.1. The predicted molar refractivity (Wildman–Crippen MR) is 79.2 cm³/mol. The first-order valence-electron chi connectivity index (χ1n) is 5.43. The lowest BCUT2D eigenvalue weighted by molar-refractivity contribution is 0.104. The molecule has 0 aliphatic rings. The molecular weight excluding hydrogens is 264 g/mol. The summed E-state index contributed by atoms with van der Waals surface area (Å²) in [5, 5.41) is 0.551. The first-order chi connectivity index (χ1) is 8.66. The van der Waals surface area contributed by atoms with Crippen LogP contribution in [0, 0.1) is 0 Å². The second kappa shape index (κ2) is 5.89. The van der Waals surface area contributed by atoms with Gasteiger partial charge in [0.15, 0.2) is 5.78 Å². The third-order valence-corrected chi connectivity index (χ3v) is 3.07. The van der Waals surface area contributed by atoms with Gasteiger partial charge < -0.3 is 0 Å². The largest absolute Gasteiger partial charge is 0.289 e. The lowest BCUT2D eigenvalue weighted by Crippen LogP contribution is -1.94. The van der Waals surface area contributed by atoms with Crippen LogP contribution in [0.25, 0.3) is 4.91 Å². The van der Waals surface area contributed by atoms with Crippen LogP contribution in [-0.4, -0.2) is 5.78 Å². The maximum Gasteiger partial charge on any atom is 0.187 e. The molecule has 0 aliphatic carbocycles. The Morgan fingerprint density at radius 2 is 1.67 bits per heavy atom. The van der Waals surface area contributed by atoms with Gasteiger partial charge in [0.25, 0.3) is 0 Å². The smallest absolute Gasteiger partial charge is 0.187 e. The van der Waals surface area contributed by atoms with Crippen molar-refractivity contribution < 1.29 is 4.79 Å². The Hall–Kier alpha value is -1.51. The third-order valence-electron chi connectivity index (χ3n) is 2.45. The summed E-state index contributed by atoms with van der Waals surface area (Å²) in [7, 11) is 0. The number of halogens is 1. The third kappa shape index (κ3) is 3.25. The van der Waals surface area contributed by atoms with Crippen molar-refractivity contribution in [3.63, 3.8) is 0 Å². The van der Waals surface area contributed by atoms with Gasteiger partial charge in [-0.1, -0.05) is 54.1 Å². The summed E-state index contributed by atoms with van der Waals surface area (Å²) in [5.74, 6) is -0.105. The zero-order chi connectivity index (χ0) is 13.0. The molecule has 1 nitrogen and oxygen atoms in total. The summed E-state index contributed by atoms with van der Waals surface area (Å²) in [5.41, 5.74) is 1.47. The van der Waals surface area contributed by atoms with E-state index in [1.165, 1.54) is 6.08 Å². The van der Waals surface area contributed by atoms with Crippen molar-refractivity contribution in [3.8, 4) is 0 Å². The fourth-order valence-corrected chi connectivity index (χ4v) is 2.00. The van der Waals surface area contributed by atoms with Crippen LogP contribution in [0.4, 0.5) is 0 Å². The molecule has 0 atom stereocenters. The quantitative estimate of drug-likeness (QED) is 0.496.